The second kappa shape index (κ2) is 6.50. The van der Waals surface area contributed by atoms with E-state index in [9.17, 15) is 4.79 Å². The average molecular weight is 256 g/mol. The van der Waals surface area contributed by atoms with Crippen molar-refractivity contribution in [3.05, 3.63) is 0 Å². The van der Waals surface area contributed by atoms with Crippen LogP contribution in [0.25, 0.3) is 0 Å². The quantitative estimate of drug-likeness (QED) is 0.726. The molecule has 5 heteroatoms. The van der Waals surface area contributed by atoms with Gasteiger partial charge in [0.05, 0.1) is 6.04 Å². The molecule has 0 saturated carbocycles. The highest BCUT2D eigenvalue weighted by atomic mass is 16.2. The molecular formula is C13H28N4O. The smallest absolute Gasteiger partial charge is 0.237 e. The molecule has 1 heterocycles. The molecule has 0 spiro atoms. The number of nitrogens with two attached hydrogens (primary N) is 1. The van der Waals surface area contributed by atoms with E-state index in [-0.39, 0.29) is 11.3 Å². The van der Waals surface area contributed by atoms with E-state index in [0.717, 1.165) is 32.7 Å². The van der Waals surface area contributed by atoms with Crippen molar-refractivity contribution in [3.8, 4) is 0 Å². The normalized spacial score (nSPS) is 20.7. The molecule has 1 amide bonds. The minimum absolute atomic E-state index is 0.0448. The van der Waals surface area contributed by atoms with Crippen LogP contribution >= 0.6 is 0 Å². The first-order chi connectivity index (χ1) is 8.30. The Bertz CT molecular complexity index is 267. The second-order valence-corrected chi connectivity index (χ2v) is 6.28. The molecule has 0 radical (unpaired) electrons. The number of rotatable bonds is 4. The topological polar surface area (TPSA) is 61.6 Å². The zero-order valence-electron chi connectivity index (χ0n) is 12.2. The fourth-order valence-corrected chi connectivity index (χ4v) is 1.91. The van der Waals surface area contributed by atoms with Crippen LogP contribution in [-0.2, 0) is 4.79 Å². The molecule has 106 valence electrons. The van der Waals surface area contributed by atoms with Gasteiger partial charge in [-0.05, 0) is 12.5 Å². The number of carbonyl (C=O) groups excluding carboxylic acids is 1. The number of piperazine rings is 1. The number of nitrogens with zero attached hydrogens (tertiary/aromatic N) is 2. The Morgan fingerprint density at radius 3 is 2.33 bits per heavy atom. The zero-order chi connectivity index (χ0) is 13.8. The van der Waals surface area contributed by atoms with Crippen LogP contribution in [0.4, 0.5) is 0 Å². The second-order valence-electron chi connectivity index (χ2n) is 6.28. The summed E-state index contributed by atoms with van der Waals surface area (Å²) >= 11 is 0. The van der Waals surface area contributed by atoms with Crippen LogP contribution in [0.2, 0.25) is 0 Å². The predicted molar refractivity (Wildman–Crippen MR) is 74.4 cm³/mol. The van der Waals surface area contributed by atoms with E-state index in [1.807, 2.05) is 20.8 Å². The third-order valence-corrected chi connectivity index (χ3v) is 3.54. The van der Waals surface area contributed by atoms with Gasteiger partial charge in [-0.1, -0.05) is 20.8 Å². The molecule has 1 unspecified atom stereocenters. The largest absolute Gasteiger partial charge is 0.353 e. The van der Waals surface area contributed by atoms with Gasteiger partial charge in [0.15, 0.2) is 0 Å². The summed E-state index contributed by atoms with van der Waals surface area (Å²) in [5, 5.41) is 2.93. The zero-order valence-corrected chi connectivity index (χ0v) is 12.2. The third kappa shape index (κ3) is 4.92. The van der Waals surface area contributed by atoms with Crippen LogP contribution in [0.5, 0.6) is 0 Å². The van der Waals surface area contributed by atoms with Gasteiger partial charge >= 0.3 is 0 Å². The first kappa shape index (κ1) is 15.4. The Morgan fingerprint density at radius 1 is 1.28 bits per heavy atom. The fraction of sp³-hybridized carbons (Fsp3) is 0.923. The van der Waals surface area contributed by atoms with Gasteiger partial charge < -0.3 is 16.0 Å². The molecule has 3 N–H and O–H groups in total. The van der Waals surface area contributed by atoms with Gasteiger partial charge in [0.2, 0.25) is 5.91 Å². The van der Waals surface area contributed by atoms with E-state index in [2.05, 4.69) is 22.2 Å². The number of hydrogen-bond donors (Lipinski definition) is 2. The molecule has 1 atom stereocenters. The van der Waals surface area contributed by atoms with Crippen molar-refractivity contribution in [3.63, 3.8) is 0 Å². The number of nitrogens with one attached hydrogen (secondary N) is 1. The highest BCUT2D eigenvalue weighted by molar-refractivity contribution is 5.82. The number of hydrogen-bond acceptors (Lipinski definition) is 4. The van der Waals surface area contributed by atoms with Gasteiger partial charge in [-0.3, -0.25) is 9.69 Å². The lowest BCUT2D eigenvalue weighted by molar-refractivity contribution is -0.124. The summed E-state index contributed by atoms with van der Waals surface area (Å²) in [6.07, 6.45) is 0. The van der Waals surface area contributed by atoms with E-state index in [1.54, 1.807) is 0 Å². The first-order valence-electron chi connectivity index (χ1n) is 6.75. The number of carbonyl (C=O) groups is 1. The minimum atomic E-state index is -0.440. The minimum Gasteiger partial charge on any atom is -0.353 e. The van der Waals surface area contributed by atoms with Crippen LogP contribution in [0.15, 0.2) is 0 Å². The lowest BCUT2D eigenvalue weighted by Gasteiger charge is -2.32. The molecule has 0 aliphatic carbocycles. The lowest BCUT2D eigenvalue weighted by Crippen LogP contribution is -2.51. The van der Waals surface area contributed by atoms with Crippen LogP contribution in [0, 0.1) is 5.41 Å². The third-order valence-electron chi connectivity index (χ3n) is 3.54. The monoisotopic (exact) mass is 256 g/mol. The van der Waals surface area contributed by atoms with Crippen LogP contribution < -0.4 is 11.1 Å². The van der Waals surface area contributed by atoms with Gasteiger partial charge in [0.25, 0.3) is 0 Å². The van der Waals surface area contributed by atoms with Crippen molar-refractivity contribution < 1.29 is 4.79 Å². The summed E-state index contributed by atoms with van der Waals surface area (Å²) in [5.74, 6) is -0.0448. The van der Waals surface area contributed by atoms with Crippen molar-refractivity contribution in [2.24, 2.45) is 11.1 Å². The Labute approximate surface area is 111 Å². The molecule has 1 fully saturated rings. The molecule has 0 aromatic carbocycles. The van der Waals surface area contributed by atoms with Crippen molar-refractivity contribution in [1.29, 1.82) is 0 Å². The summed E-state index contributed by atoms with van der Waals surface area (Å²) < 4.78 is 0. The van der Waals surface area contributed by atoms with Crippen molar-refractivity contribution in [2.75, 3.05) is 46.3 Å². The maximum atomic E-state index is 11.8. The molecule has 0 aromatic heterocycles. The molecular weight excluding hydrogens is 228 g/mol. The molecule has 0 bridgehead atoms. The predicted octanol–water partition coefficient (Wildman–Crippen LogP) is -0.277. The van der Waals surface area contributed by atoms with E-state index < -0.39 is 6.04 Å². The van der Waals surface area contributed by atoms with Gasteiger partial charge in [-0.2, -0.15) is 0 Å². The number of likely N-dealkylation sites (N-methyl/N-ethyl adjacent to an activating group) is 1. The van der Waals surface area contributed by atoms with Crippen LogP contribution in [0.1, 0.15) is 20.8 Å². The Balaban J connectivity index is 2.20. The van der Waals surface area contributed by atoms with Crippen LogP contribution in [0.3, 0.4) is 0 Å². The number of amides is 1. The summed E-state index contributed by atoms with van der Waals surface area (Å²) in [4.78, 5) is 16.5. The average Bonchev–Trinajstić information content (AvgIpc) is 2.29. The van der Waals surface area contributed by atoms with Crippen molar-refractivity contribution in [2.45, 2.75) is 26.8 Å². The van der Waals surface area contributed by atoms with Crippen LogP contribution in [-0.4, -0.2) is 68.1 Å². The molecule has 1 aliphatic rings. The molecule has 1 rings (SSSR count). The molecule has 18 heavy (non-hydrogen) atoms. The Hall–Kier alpha value is -0.650. The molecule has 1 aliphatic heterocycles. The lowest BCUT2D eigenvalue weighted by atomic mass is 9.87. The van der Waals surface area contributed by atoms with E-state index in [0.29, 0.717) is 6.54 Å². The van der Waals surface area contributed by atoms with Crippen molar-refractivity contribution >= 4 is 5.91 Å². The van der Waals surface area contributed by atoms with E-state index >= 15 is 0 Å². The van der Waals surface area contributed by atoms with Crippen molar-refractivity contribution in [1.82, 2.24) is 15.1 Å². The summed E-state index contributed by atoms with van der Waals surface area (Å²) in [5.41, 5.74) is 5.72. The maximum absolute atomic E-state index is 11.8. The first-order valence-corrected chi connectivity index (χ1v) is 6.75. The fourth-order valence-electron chi connectivity index (χ4n) is 1.91. The maximum Gasteiger partial charge on any atom is 0.237 e. The Kier molecular flexibility index (Phi) is 5.56. The molecule has 1 saturated heterocycles. The summed E-state index contributed by atoms with van der Waals surface area (Å²) in [7, 11) is 2.14. The van der Waals surface area contributed by atoms with Gasteiger partial charge in [-0.25, -0.2) is 0 Å². The summed E-state index contributed by atoms with van der Waals surface area (Å²) in [6, 6.07) is -0.440. The van der Waals surface area contributed by atoms with Gasteiger partial charge in [0, 0.05) is 39.3 Å². The highest BCUT2D eigenvalue weighted by Crippen LogP contribution is 2.16. The summed E-state index contributed by atoms with van der Waals surface area (Å²) in [6.45, 7) is 11.9. The molecule has 0 aromatic rings. The SMILES string of the molecule is CN1CCN(CCNC(=O)C(N)C(C)(C)C)CC1. The van der Waals surface area contributed by atoms with E-state index in [4.69, 9.17) is 5.73 Å². The van der Waals surface area contributed by atoms with Gasteiger partial charge in [0.1, 0.15) is 0 Å². The standard InChI is InChI=1S/C13H28N4O/c1-13(2,3)11(14)12(18)15-5-6-17-9-7-16(4)8-10-17/h11H,5-10,14H2,1-4H3,(H,15,18). The van der Waals surface area contributed by atoms with E-state index in [1.165, 1.54) is 0 Å². The molecule has 5 nitrogen and oxygen atoms in total. The Morgan fingerprint density at radius 2 is 1.83 bits per heavy atom. The van der Waals surface area contributed by atoms with Gasteiger partial charge in [-0.15, -0.1) is 0 Å². The highest BCUT2D eigenvalue weighted by Gasteiger charge is 2.27.